The number of aromatic nitrogens is 3. The van der Waals surface area contributed by atoms with Gasteiger partial charge >= 0.3 is 0 Å². The molecule has 0 aliphatic carbocycles. The number of halogens is 1. The summed E-state index contributed by atoms with van der Waals surface area (Å²) in [5, 5.41) is 20.1. The molecule has 0 saturated heterocycles. The topological polar surface area (TPSA) is 107 Å². The van der Waals surface area contributed by atoms with E-state index in [2.05, 4.69) is 10.2 Å². The van der Waals surface area contributed by atoms with Crippen LogP contribution in [0.3, 0.4) is 0 Å². The van der Waals surface area contributed by atoms with Gasteiger partial charge in [-0.25, -0.2) is 4.39 Å². The van der Waals surface area contributed by atoms with Crippen LogP contribution in [0.1, 0.15) is 40.9 Å². The summed E-state index contributed by atoms with van der Waals surface area (Å²) >= 11 is 1.21. The van der Waals surface area contributed by atoms with Gasteiger partial charge in [0.05, 0.1) is 31.4 Å². The first-order valence-electron chi connectivity index (χ1n) is 11.2. The number of amides is 1. The Morgan fingerprint density at radius 1 is 1.20 bits per heavy atom. The predicted molar refractivity (Wildman–Crippen MR) is 128 cm³/mol. The quantitative estimate of drug-likeness (QED) is 0.449. The van der Waals surface area contributed by atoms with Gasteiger partial charge in [-0.3, -0.25) is 9.59 Å². The molecule has 0 fully saturated rings. The maximum atomic E-state index is 13.2. The third kappa shape index (κ3) is 5.26. The Bertz CT molecular complexity index is 1260. The van der Waals surface area contributed by atoms with E-state index in [1.165, 1.54) is 23.5 Å². The van der Waals surface area contributed by atoms with Crippen molar-refractivity contribution in [2.45, 2.75) is 32.4 Å². The number of fused-ring (bicyclic) bond motifs is 1. The van der Waals surface area contributed by atoms with Gasteiger partial charge in [0.1, 0.15) is 10.8 Å². The van der Waals surface area contributed by atoms with Gasteiger partial charge in [-0.2, -0.15) is 0 Å². The normalized spacial score (nSPS) is 15.6. The molecular formula is C24H27FN4O5S. The zero-order chi connectivity index (χ0) is 25.1. The number of carbonyl (C=O) groups is 1. The molecule has 35 heavy (non-hydrogen) atoms. The molecule has 0 spiro atoms. The second-order valence-electron chi connectivity index (χ2n) is 8.55. The Morgan fingerprint density at radius 3 is 2.63 bits per heavy atom. The Labute approximate surface area is 205 Å². The molecule has 1 aromatic carbocycles. The fourth-order valence-electron chi connectivity index (χ4n) is 3.96. The molecule has 2 aromatic heterocycles. The number of methoxy groups -OCH3 is 1. The summed E-state index contributed by atoms with van der Waals surface area (Å²) < 4.78 is 25.6. The average Bonchev–Trinajstić information content (AvgIpc) is 3.29. The van der Waals surface area contributed by atoms with Crippen LogP contribution in [0.25, 0.3) is 10.6 Å². The van der Waals surface area contributed by atoms with Crippen LogP contribution in [-0.4, -0.2) is 70.2 Å². The maximum absolute atomic E-state index is 13.2. The number of carbonyl (C=O) groups excluding carboxylic acids is 1. The molecule has 0 radical (unpaired) electrons. The van der Waals surface area contributed by atoms with E-state index in [-0.39, 0.29) is 35.8 Å². The molecule has 1 aliphatic heterocycles. The SMILES string of the molecule is COCCOC[C@H]1CN(C(C)C)C(=O)c2c(O)c(=O)c(-c3nnc(Cc4ccc(F)cc4)s3)cn21. The zero-order valence-corrected chi connectivity index (χ0v) is 20.5. The average molecular weight is 503 g/mol. The molecule has 1 atom stereocenters. The summed E-state index contributed by atoms with van der Waals surface area (Å²) in [6.45, 7) is 5.19. The van der Waals surface area contributed by atoms with Crippen LogP contribution in [0.5, 0.6) is 5.75 Å². The van der Waals surface area contributed by atoms with Crippen molar-refractivity contribution in [1.82, 2.24) is 19.7 Å². The fraction of sp³-hybridized carbons (Fsp3) is 0.417. The van der Waals surface area contributed by atoms with Gasteiger partial charge in [0.2, 0.25) is 5.43 Å². The third-order valence-electron chi connectivity index (χ3n) is 5.81. The monoisotopic (exact) mass is 502 g/mol. The maximum Gasteiger partial charge on any atom is 0.274 e. The summed E-state index contributed by atoms with van der Waals surface area (Å²) in [6.07, 6.45) is 1.98. The molecule has 1 N–H and O–H groups in total. The second-order valence-corrected chi connectivity index (χ2v) is 9.62. The first-order chi connectivity index (χ1) is 16.8. The smallest absolute Gasteiger partial charge is 0.274 e. The van der Waals surface area contributed by atoms with Gasteiger partial charge < -0.3 is 24.0 Å². The number of rotatable bonds is 9. The molecule has 4 rings (SSSR count). The van der Waals surface area contributed by atoms with Crippen LogP contribution in [0.4, 0.5) is 4.39 Å². The predicted octanol–water partition coefficient (Wildman–Crippen LogP) is 2.87. The molecule has 0 saturated carbocycles. The van der Waals surface area contributed by atoms with Crippen molar-refractivity contribution < 1.29 is 23.8 Å². The van der Waals surface area contributed by atoms with E-state index in [0.29, 0.717) is 36.2 Å². The lowest BCUT2D eigenvalue weighted by molar-refractivity contribution is 0.0298. The van der Waals surface area contributed by atoms with Crippen LogP contribution in [0.15, 0.2) is 35.3 Å². The minimum absolute atomic E-state index is 0.0601. The summed E-state index contributed by atoms with van der Waals surface area (Å²) in [5.74, 6) is -1.35. The van der Waals surface area contributed by atoms with E-state index in [4.69, 9.17) is 9.47 Å². The molecule has 0 unspecified atom stereocenters. The van der Waals surface area contributed by atoms with Crippen LogP contribution in [0.2, 0.25) is 0 Å². The molecule has 186 valence electrons. The van der Waals surface area contributed by atoms with Gasteiger partial charge in [0, 0.05) is 32.3 Å². The van der Waals surface area contributed by atoms with Crippen LogP contribution in [0, 0.1) is 5.82 Å². The molecule has 3 heterocycles. The minimum Gasteiger partial charge on any atom is -0.503 e. The Hall–Kier alpha value is -3.15. The highest BCUT2D eigenvalue weighted by molar-refractivity contribution is 7.14. The molecule has 11 heteroatoms. The van der Waals surface area contributed by atoms with Crippen molar-refractivity contribution in [3.05, 3.63) is 62.8 Å². The number of hydrogen-bond acceptors (Lipinski definition) is 8. The van der Waals surface area contributed by atoms with Crippen molar-refractivity contribution in [2.75, 3.05) is 33.5 Å². The van der Waals surface area contributed by atoms with E-state index in [9.17, 15) is 19.1 Å². The minimum atomic E-state index is -0.682. The number of ether oxygens (including phenoxy) is 2. The standard InChI is InChI=1S/C24H27FN4O5S/c1-14(2)28-11-17(13-34-9-8-33-3)29-12-18(21(30)22(31)20(29)24(28)32)23-27-26-19(35-23)10-15-4-6-16(25)7-5-15/h4-7,12,14,17,31H,8-11,13H2,1-3H3/t17-/m1/s1. The third-order valence-corrected chi connectivity index (χ3v) is 6.76. The molecule has 1 amide bonds. The van der Waals surface area contributed by atoms with Crippen molar-refractivity contribution in [2.24, 2.45) is 0 Å². The number of benzene rings is 1. The number of aromatic hydroxyl groups is 1. The first kappa shape index (κ1) is 25.0. The van der Waals surface area contributed by atoms with E-state index >= 15 is 0 Å². The lowest BCUT2D eigenvalue weighted by Crippen LogP contribution is -2.48. The molecule has 3 aromatic rings. The zero-order valence-electron chi connectivity index (χ0n) is 19.7. The first-order valence-corrected chi connectivity index (χ1v) is 12.0. The van der Waals surface area contributed by atoms with Crippen molar-refractivity contribution >= 4 is 17.2 Å². The van der Waals surface area contributed by atoms with Gasteiger partial charge in [-0.15, -0.1) is 10.2 Å². The molecule has 0 bridgehead atoms. The Morgan fingerprint density at radius 2 is 1.94 bits per heavy atom. The lowest BCUT2D eigenvalue weighted by atomic mass is 10.1. The lowest BCUT2D eigenvalue weighted by Gasteiger charge is -2.38. The van der Waals surface area contributed by atoms with E-state index < -0.39 is 17.1 Å². The summed E-state index contributed by atoms with van der Waals surface area (Å²) in [7, 11) is 1.58. The number of nitrogens with zero attached hydrogens (tertiary/aromatic N) is 4. The highest BCUT2D eigenvalue weighted by Gasteiger charge is 2.36. The fourth-order valence-corrected chi connectivity index (χ4v) is 4.84. The van der Waals surface area contributed by atoms with Crippen molar-refractivity contribution in [3.8, 4) is 16.3 Å². The van der Waals surface area contributed by atoms with Crippen molar-refractivity contribution in [1.29, 1.82) is 0 Å². The van der Waals surface area contributed by atoms with Crippen LogP contribution >= 0.6 is 11.3 Å². The summed E-state index contributed by atoms with van der Waals surface area (Å²) in [5.41, 5.74) is 0.266. The van der Waals surface area contributed by atoms with Gasteiger partial charge in [-0.05, 0) is 31.5 Å². The highest BCUT2D eigenvalue weighted by Crippen LogP contribution is 2.31. The van der Waals surface area contributed by atoms with Crippen LogP contribution in [-0.2, 0) is 15.9 Å². The number of pyridine rings is 1. The van der Waals surface area contributed by atoms with Gasteiger partial charge in [0.15, 0.2) is 16.5 Å². The Balaban J connectivity index is 1.69. The van der Waals surface area contributed by atoms with Gasteiger partial charge in [0.25, 0.3) is 5.91 Å². The summed E-state index contributed by atoms with van der Waals surface area (Å²) in [6, 6.07) is 5.63. The Kier molecular flexibility index (Phi) is 7.58. The highest BCUT2D eigenvalue weighted by atomic mass is 32.1. The van der Waals surface area contributed by atoms with Crippen molar-refractivity contribution in [3.63, 3.8) is 0 Å². The number of hydrogen-bond donors (Lipinski definition) is 1. The molecule has 1 aliphatic rings. The van der Waals surface area contributed by atoms with Gasteiger partial charge in [-0.1, -0.05) is 23.5 Å². The van der Waals surface area contributed by atoms with Crippen LogP contribution < -0.4 is 5.43 Å². The van der Waals surface area contributed by atoms with E-state index in [0.717, 1.165) is 5.56 Å². The largest absolute Gasteiger partial charge is 0.503 e. The second kappa shape index (κ2) is 10.6. The van der Waals surface area contributed by atoms with E-state index in [1.54, 1.807) is 34.9 Å². The molecular weight excluding hydrogens is 475 g/mol. The van der Waals surface area contributed by atoms with E-state index in [1.807, 2.05) is 13.8 Å². The molecule has 9 nitrogen and oxygen atoms in total. The summed E-state index contributed by atoms with van der Waals surface area (Å²) in [4.78, 5) is 27.8.